The highest BCUT2D eigenvalue weighted by Gasteiger charge is 2.33. The average Bonchev–Trinajstić information content (AvgIpc) is 2.82. The smallest absolute Gasteiger partial charge is 0.292 e. The summed E-state index contributed by atoms with van der Waals surface area (Å²) in [5.74, 6) is -0.466. The highest BCUT2D eigenvalue weighted by molar-refractivity contribution is 5.78. The van der Waals surface area contributed by atoms with Gasteiger partial charge in [-0.2, -0.15) is 18.3 Å². The molecule has 0 aliphatic rings. The van der Waals surface area contributed by atoms with Crippen LogP contribution in [0.1, 0.15) is 28.9 Å². The second-order valence-corrected chi connectivity index (χ2v) is 5.93. The maximum absolute atomic E-state index is 12.7. The van der Waals surface area contributed by atoms with Crippen LogP contribution in [0.25, 0.3) is 0 Å². The van der Waals surface area contributed by atoms with Gasteiger partial charge in [-0.05, 0) is 38.0 Å². The Bertz CT molecular complexity index is 877. The molecule has 2 rings (SSSR count). The quantitative estimate of drug-likeness (QED) is 0.588. The summed E-state index contributed by atoms with van der Waals surface area (Å²) in [6, 6.07) is 2.01. The summed E-state index contributed by atoms with van der Waals surface area (Å²) < 4.78 is 39.8. The SMILES string of the molecule is Cc1nn(C)c(C)c1CCC(=O)NNc1ccc(C(F)(F)F)cc1[N+](=O)[O-]. The van der Waals surface area contributed by atoms with Crippen molar-refractivity contribution in [3.05, 3.63) is 50.8 Å². The lowest BCUT2D eigenvalue weighted by molar-refractivity contribution is -0.384. The van der Waals surface area contributed by atoms with Crippen molar-refractivity contribution in [1.29, 1.82) is 0 Å². The number of nitro benzene ring substituents is 1. The second-order valence-electron chi connectivity index (χ2n) is 5.93. The predicted molar refractivity (Wildman–Crippen MR) is 90.9 cm³/mol. The van der Waals surface area contributed by atoms with Crippen LogP contribution in [-0.2, 0) is 24.4 Å². The van der Waals surface area contributed by atoms with Crippen LogP contribution in [0.2, 0.25) is 0 Å². The van der Waals surface area contributed by atoms with Gasteiger partial charge in [-0.1, -0.05) is 0 Å². The number of nitro groups is 1. The Labute approximate surface area is 152 Å². The highest BCUT2D eigenvalue weighted by atomic mass is 19.4. The molecule has 0 aliphatic carbocycles. The Hall–Kier alpha value is -3.11. The molecule has 1 aromatic heterocycles. The fourth-order valence-electron chi connectivity index (χ4n) is 2.58. The molecular weight excluding hydrogens is 367 g/mol. The molecule has 1 aromatic carbocycles. The van der Waals surface area contributed by atoms with Gasteiger partial charge in [0.05, 0.1) is 16.2 Å². The molecule has 146 valence electrons. The average molecular weight is 385 g/mol. The first-order valence-electron chi connectivity index (χ1n) is 7.90. The molecule has 2 aromatic rings. The van der Waals surface area contributed by atoms with E-state index in [1.54, 1.807) is 11.7 Å². The van der Waals surface area contributed by atoms with Gasteiger partial charge in [0, 0.05) is 25.2 Å². The number of alkyl halides is 3. The van der Waals surface area contributed by atoms with Crippen molar-refractivity contribution in [2.24, 2.45) is 7.05 Å². The zero-order valence-corrected chi connectivity index (χ0v) is 14.8. The van der Waals surface area contributed by atoms with Crippen molar-refractivity contribution in [2.45, 2.75) is 32.9 Å². The summed E-state index contributed by atoms with van der Waals surface area (Å²) >= 11 is 0. The molecule has 2 N–H and O–H groups in total. The summed E-state index contributed by atoms with van der Waals surface area (Å²) in [6.45, 7) is 3.70. The predicted octanol–water partition coefficient (Wildman–Crippen LogP) is 3.04. The van der Waals surface area contributed by atoms with E-state index in [4.69, 9.17) is 0 Å². The van der Waals surface area contributed by atoms with Gasteiger partial charge in [0.25, 0.3) is 5.69 Å². The number of aromatic nitrogens is 2. The number of amides is 1. The number of nitrogens with one attached hydrogen (secondary N) is 2. The lowest BCUT2D eigenvalue weighted by atomic mass is 10.1. The molecule has 11 heteroatoms. The zero-order chi connectivity index (χ0) is 20.4. The number of carbonyl (C=O) groups excluding carboxylic acids is 1. The molecule has 0 unspecified atom stereocenters. The first-order chi connectivity index (χ1) is 12.5. The van der Waals surface area contributed by atoms with Crippen molar-refractivity contribution in [1.82, 2.24) is 15.2 Å². The Balaban J connectivity index is 2.03. The topological polar surface area (TPSA) is 102 Å². The Morgan fingerprint density at radius 3 is 2.52 bits per heavy atom. The van der Waals surface area contributed by atoms with E-state index >= 15 is 0 Å². The normalized spacial score (nSPS) is 11.3. The lowest BCUT2D eigenvalue weighted by Crippen LogP contribution is -2.30. The van der Waals surface area contributed by atoms with Crippen LogP contribution < -0.4 is 10.9 Å². The molecule has 0 spiro atoms. The van der Waals surface area contributed by atoms with E-state index < -0.39 is 28.3 Å². The third kappa shape index (κ3) is 4.74. The van der Waals surface area contributed by atoms with Crippen LogP contribution in [-0.4, -0.2) is 20.6 Å². The monoisotopic (exact) mass is 385 g/mol. The first-order valence-corrected chi connectivity index (χ1v) is 7.90. The van der Waals surface area contributed by atoms with Crippen LogP contribution in [0.3, 0.4) is 0 Å². The molecular formula is C16H18F3N5O3. The van der Waals surface area contributed by atoms with Crippen molar-refractivity contribution in [2.75, 3.05) is 5.43 Å². The van der Waals surface area contributed by atoms with Crippen molar-refractivity contribution in [3.8, 4) is 0 Å². The van der Waals surface area contributed by atoms with Gasteiger partial charge in [-0.3, -0.25) is 30.4 Å². The van der Waals surface area contributed by atoms with Gasteiger partial charge < -0.3 is 0 Å². The van der Waals surface area contributed by atoms with E-state index in [2.05, 4.69) is 16.0 Å². The second kappa shape index (κ2) is 7.64. The zero-order valence-electron chi connectivity index (χ0n) is 14.8. The maximum Gasteiger partial charge on any atom is 0.416 e. The van der Waals surface area contributed by atoms with E-state index in [9.17, 15) is 28.1 Å². The lowest BCUT2D eigenvalue weighted by Gasteiger charge is -2.11. The van der Waals surface area contributed by atoms with Gasteiger partial charge in [-0.25, -0.2) is 0 Å². The minimum atomic E-state index is -4.70. The molecule has 0 aliphatic heterocycles. The van der Waals surface area contributed by atoms with Crippen LogP contribution in [0, 0.1) is 24.0 Å². The summed E-state index contributed by atoms with van der Waals surface area (Å²) in [6.07, 6.45) is -4.21. The molecule has 0 saturated carbocycles. The fraction of sp³-hybridized carbons (Fsp3) is 0.375. The number of hydrogen-bond donors (Lipinski definition) is 2. The Kier molecular flexibility index (Phi) is 5.72. The molecule has 0 bridgehead atoms. The van der Waals surface area contributed by atoms with E-state index in [0.29, 0.717) is 18.6 Å². The summed E-state index contributed by atoms with van der Waals surface area (Å²) in [5.41, 5.74) is 5.05. The number of anilines is 1. The summed E-state index contributed by atoms with van der Waals surface area (Å²) in [7, 11) is 1.79. The minimum absolute atomic E-state index is 0.0782. The van der Waals surface area contributed by atoms with E-state index in [1.165, 1.54) is 0 Å². The number of rotatable bonds is 6. The molecule has 1 heterocycles. The molecule has 27 heavy (non-hydrogen) atoms. The summed E-state index contributed by atoms with van der Waals surface area (Å²) in [5, 5.41) is 15.3. The minimum Gasteiger partial charge on any atom is -0.292 e. The van der Waals surface area contributed by atoms with E-state index in [1.807, 2.05) is 13.8 Å². The molecule has 8 nitrogen and oxygen atoms in total. The Morgan fingerprint density at radius 2 is 2.00 bits per heavy atom. The maximum atomic E-state index is 12.7. The first kappa shape index (κ1) is 20.2. The van der Waals surface area contributed by atoms with Gasteiger partial charge in [-0.15, -0.1) is 0 Å². The number of nitrogens with zero attached hydrogens (tertiary/aromatic N) is 3. The molecule has 1 amide bonds. The third-order valence-corrected chi connectivity index (χ3v) is 4.12. The van der Waals surface area contributed by atoms with Gasteiger partial charge in [0.1, 0.15) is 5.69 Å². The Morgan fingerprint density at radius 1 is 1.33 bits per heavy atom. The van der Waals surface area contributed by atoms with Crippen molar-refractivity contribution in [3.63, 3.8) is 0 Å². The van der Waals surface area contributed by atoms with Crippen LogP contribution in [0.15, 0.2) is 18.2 Å². The van der Waals surface area contributed by atoms with Gasteiger partial charge in [0.15, 0.2) is 0 Å². The van der Waals surface area contributed by atoms with Crippen molar-refractivity contribution < 1.29 is 22.9 Å². The number of aryl methyl sites for hydroxylation is 2. The van der Waals surface area contributed by atoms with Crippen LogP contribution >= 0.6 is 0 Å². The molecule has 0 saturated heterocycles. The number of benzene rings is 1. The molecule has 0 fully saturated rings. The number of hydrogen-bond acceptors (Lipinski definition) is 5. The van der Waals surface area contributed by atoms with Crippen LogP contribution in [0.4, 0.5) is 24.5 Å². The van der Waals surface area contributed by atoms with E-state index in [0.717, 1.165) is 23.0 Å². The van der Waals surface area contributed by atoms with Crippen molar-refractivity contribution >= 4 is 17.3 Å². The van der Waals surface area contributed by atoms with Gasteiger partial charge >= 0.3 is 6.18 Å². The fourth-order valence-corrected chi connectivity index (χ4v) is 2.58. The van der Waals surface area contributed by atoms with E-state index in [-0.39, 0.29) is 12.1 Å². The molecule has 0 radical (unpaired) electrons. The van der Waals surface area contributed by atoms with Gasteiger partial charge in [0.2, 0.25) is 5.91 Å². The third-order valence-electron chi connectivity index (χ3n) is 4.12. The standard InChI is InChI=1S/C16H18F3N5O3/c1-9-12(10(2)23(3)22-9)5-7-15(25)21-20-13-6-4-11(16(17,18)19)8-14(13)24(26)27/h4,6,8,20H,5,7H2,1-3H3,(H,21,25). The molecule has 0 atom stereocenters. The number of halogens is 3. The van der Waals surface area contributed by atoms with Crippen LogP contribution in [0.5, 0.6) is 0 Å². The number of hydrazine groups is 1. The highest BCUT2D eigenvalue weighted by Crippen LogP contribution is 2.34. The number of carbonyl (C=O) groups is 1. The largest absolute Gasteiger partial charge is 0.416 e. The summed E-state index contributed by atoms with van der Waals surface area (Å²) in [4.78, 5) is 22.0.